The number of furan rings is 1. The Hall–Kier alpha value is -3.67. The number of aromatic nitrogens is 2. The molecule has 0 fully saturated rings. The summed E-state index contributed by atoms with van der Waals surface area (Å²) in [5.74, 6) is 0.908. The van der Waals surface area contributed by atoms with E-state index in [0.717, 1.165) is 16.6 Å². The molecule has 5 rings (SSSR count). The third-order valence-electron chi connectivity index (χ3n) is 4.32. The van der Waals surface area contributed by atoms with Gasteiger partial charge in [0.15, 0.2) is 5.76 Å². The van der Waals surface area contributed by atoms with Crippen LogP contribution in [0.5, 0.6) is 0 Å². The van der Waals surface area contributed by atoms with Gasteiger partial charge in [-0.15, -0.1) is 0 Å². The van der Waals surface area contributed by atoms with Gasteiger partial charge in [0.1, 0.15) is 11.3 Å². The van der Waals surface area contributed by atoms with Crippen molar-refractivity contribution < 1.29 is 9.21 Å². The van der Waals surface area contributed by atoms with Crippen molar-refractivity contribution in [1.29, 1.82) is 0 Å². The highest BCUT2D eigenvalue weighted by molar-refractivity contribution is 6.08. The molecule has 3 heterocycles. The van der Waals surface area contributed by atoms with Crippen molar-refractivity contribution in [3.63, 3.8) is 0 Å². The normalized spacial score (nSPS) is 12.8. The first kappa shape index (κ1) is 14.7. The van der Waals surface area contributed by atoms with Crippen LogP contribution in [-0.4, -0.2) is 15.9 Å². The molecule has 4 aromatic rings. The lowest BCUT2D eigenvalue weighted by atomic mass is 10.1. The first-order valence-corrected chi connectivity index (χ1v) is 8.28. The van der Waals surface area contributed by atoms with E-state index in [1.165, 1.54) is 0 Å². The van der Waals surface area contributed by atoms with E-state index in [1.807, 2.05) is 54.6 Å². The van der Waals surface area contributed by atoms with Crippen molar-refractivity contribution in [2.45, 2.75) is 6.42 Å². The highest BCUT2D eigenvalue weighted by Crippen LogP contribution is 2.40. The minimum Gasteiger partial charge on any atom is -0.452 e. The van der Waals surface area contributed by atoms with Gasteiger partial charge in [0.2, 0.25) is 11.9 Å². The third-order valence-corrected chi connectivity index (χ3v) is 4.32. The highest BCUT2D eigenvalue weighted by atomic mass is 16.3. The van der Waals surface area contributed by atoms with E-state index < -0.39 is 0 Å². The standard InChI is InChI=1S/C20H14N4O2/c25-16-10-12-11-21-20(22-13-6-2-1-3-7-13)24-17(12)19-18(23-16)14-8-4-5-9-15(14)26-19/h1-9,11H,10H2,(H,23,25)(H,21,22,24). The summed E-state index contributed by atoms with van der Waals surface area (Å²) in [6.07, 6.45) is 1.88. The highest BCUT2D eigenvalue weighted by Gasteiger charge is 2.26. The Bertz CT molecular complexity index is 1140. The number of carbonyl (C=O) groups excluding carboxylic acids is 1. The number of para-hydroxylation sites is 2. The molecular weight excluding hydrogens is 328 g/mol. The smallest absolute Gasteiger partial charge is 0.229 e. The number of hydrogen-bond donors (Lipinski definition) is 2. The van der Waals surface area contributed by atoms with Crippen LogP contribution in [0, 0.1) is 0 Å². The van der Waals surface area contributed by atoms with Crippen LogP contribution in [0.4, 0.5) is 17.3 Å². The number of nitrogens with one attached hydrogen (secondary N) is 2. The van der Waals surface area contributed by atoms with Gasteiger partial charge >= 0.3 is 0 Å². The van der Waals surface area contributed by atoms with Crippen LogP contribution < -0.4 is 10.6 Å². The number of anilines is 3. The molecule has 2 aromatic heterocycles. The van der Waals surface area contributed by atoms with E-state index in [4.69, 9.17) is 4.42 Å². The van der Waals surface area contributed by atoms with Gasteiger partial charge in [-0.05, 0) is 24.3 Å². The molecule has 1 amide bonds. The van der Waals surface area contributed by atoms with Crippen LogP contribution in [0.15, 0.2) is 65.2 Å². The summed E-state index contributed by atoms with van der Waals surface area (Å²) < 4.78 is 6.02. The van der Waals surface area contributed by atoms with Crippen molar-refractivity contribution in [3.8, 4) is 11.5 Å². The molecule has 0 aliphatic carbocycles. The summed E-state index contributed by atoms with van der Waals surface area (Å²) in [5, 5.41) is 6.98. The fourth-order valence-corrected chi connectivity index (χ4v) is 3.14. The maximum absolute atomic E-state index is 12.3. The molecule has 126 valence electrons. The van der Waals surface area contributed by atoms with Gasteiger partial charge < -0.3 is 15.1 Å². The monoisotopic (exact) mass is 342 g/mol. The molecule has 0 radical (unpaired) electrons. The minimum absolute atomic E-state index is 0.107. The average Bonchev–Trinajstić information content (AvgIpc) is 2.95. The minimum atomic E-state index is -0.107. The van der Waals surface area contributed by atoms with Crippen LogP contribution in [-0.2, 0) is 11.2 Å². The van der Waals surface area contributed by atoms with Crippen molar-refractivity contribution in [3.05, 3.63) is 66.4 Å². The van der Waals surface area contributed by atoms with Crippen LogP contribution in [0.1, 0.15) is 5.56 Å². The second kappa shape index (κ2) is 5.70. The molecule has 6 nitrogen and oxygen atoms in total. The van der Waals surface area contributed by atoms with Crippen molar-refractivity contribution in [2.75, 3.05) is 10.6 Å². The summed E-state index contributed by atoms with van der Waals surface area (Å²) in [4.78, 5) is 21.3. The Morgan fingerprint density at radius 1 is 1.04 bits per heavy atom. The maximum Gasteiger partial charge on any atom is 0.229 e. The molecular formula is C20H14N4O2. The van der Waals surface area contributed by atoms with E-state index >= 15 is 0 Å². The van der Waals surface area contributed by atoms with Crippen molar-refractivity contribution >= 4 is 34.2 Å². The second-order valence-electron chi connectivity index (χ2n) is 6.09. The second-order valence-corrected chi connectivity index (χ2v) is 6.09. The first-order valence-electron chi connectivity index (χ1n) is 8.28. The largest absolute Gasteiger partial charge is 0.452 e. The van der Waals surface area contributed by atoms with Gasteiger partial charge in [0.05, 0.1) is 12.1 Å². The van der Waals surface area contributed by atoms with E-state index in [2.05, 4.69) is 20.6 Å². The SMILES string of the molecule is O=C1Cc2cnc(Nc3ccccc3)nc2-c2oc3ccccc3c2N1. The zero-order chi connectivity index (χ0) is 17.5. The van der Waals surface area contributed by atoms with Gasteiger partial charge in [-0.3, -0.25) is 4.79 Å². The predicted octanol–water partition coefficient (Wildman–Crippen LogP) is 4.13. The molecule has 1 aliphatic heterocycles. The predicted molar refractivity (Wildman–Crippen MR) is 99.3 cm³/mol. The molecule has 0 atom stereocenters. The lowest BCUT2D eigenvalue weighted by Crippen LogP contribution is -2.12. The Labute approximate surface area is 148 Å². The summed E-state index contributed by atoms with van der Waals surface area (Å²) >= 11 is 0. The van der Waals surface area contributed by atoms with E-state index in [0.29, 0.717) is 28.7 Å². The zero-order valence-corrected chi connectivity index (χ0v) is 13.7. The lowest BCUT2D eigenvalue weighted by molar-refractivity contribution is -0.115. The molecule has 26 heavy (non-hydrogen) atoms. The average molecular weight is 342 g/mol. The quantitative estimate of drug-likeness (QED) is 0.572. The molecule has 6 heteroatoms. The molecule has 2 aromatic carbocycles. The number of rotatable bonds is 2. The number of amides is 1. The number of fused-ring (bicyclic) bond motifs is 5. The van der Waals surface area contributed by atoms with Crippen LogP contribution in [0.2, 0.25) is 0 Å². The Balaban J connectivity index is 1.67. The molecule has 0 saturated carbocycles. The molecule has 2 N–H and O–H groups in total. The molecule has 1 aliphatic rings. The van der Waals surface area contributed by atoms with Gasteiger partial charge in [-0.25, -0.2) is 9.97 Å². The summed E-state index contributed by atoms with van der Waals surface area (Å²) in [5.41, 5.74) is 3.62. The summed E-state index contributed by atoms with van der Waals surface area (Å²) in [6.45, 7) is 0. The number of nitrogens with zero attached hydrogens (tertiary/aromatic N) is 2. The van der Waals surface area contributed by atoms with E-state index in [1.54, 1.807) is 6.20 Å². The van der Waals surface area contributed by atoms with Crippen LogP contribution >= 0.6 is 0 Å². The van der Waals surface area contributed by atoms with Crippen LogP contribution in [0.3, 0.4) is 0 Å². The fraction of sp³-hybridized carbons (Fsp3) is 0.0500. The van der Waals surface area contributed by atoms with Gasteiger partial charge in [-0.2, -0.15) is 0 Å². The van der Waals surface area contributed by atoms with Crippen molar-refractivity contribution in [2.24, 2.45) is 0 Å². The maximum atomic E-state index is 12.3. The Morgan fingerprint density at radius 3 is 2.73 bits per heavy atom. The van der Waals surface area contributed by atoms with Gasteiger partial charge in [-0.1, -0.05) is 30.3 Å². The number of benzene rings is 2. The molecule has 0 saturated heterocycles. The number of carbonyl (C=O) groups is 1. The van der Waals surface area contributed by atoms with Crippen LogP contribution in [0.25, 0.3) is 22.4 Å². The van der Waals surface area contributed by atoms with Gasteiger partial charge in [0.25, 0.3) is 0 Å². The third kappa shape index (κ3) is 2.39. The summed E-state index contributed by atoms with van der Waals surface area (Å²) in [6, 6.07) is 17.3. The summed E-state index contributed by atoms with van der Waals surface area (Å²) in [7, 11) is 0. The Morgan fingerprint density at radius 2 is 1.85 bits per heavy atom. The van der Waals surface area contributed by atoms with Crippen molar-refractivity contribution in [1.82, 2.24) is 9.97 Å². The lowest BCUT2D eigenvalue weighted by Gasteiger charge is -2.08. The molecule has 0 spiro atoms. The Kier molecular flexibility index (Phi) is 3.21. The number of hydrogen-bond acceptors (Lipinski definition) is 5. The molecule has 0 unspecified atom stereocenters. The van der Waals surface area contributed by atoms with E-state index in [-0.39, 0.29) is 12.3 Å². The van der Waals surface area contributed by atoms with E-state index in [9.17, 15) is 4.79 Å². The first-order chi connectivity index (χ1) is 12.8. The zero-order valence-electron chi connectivity index (χ0n) is 13.7. The van der Waals surface area contributed by atoms with Gasteiger partial charge in [0, 0.05) is 22.8 Å². The fourth-order valence-electron chi connectivity index (χ4n) is 3.14. The topological polar surface area (TPSA) is 80.1 Å². The molecule has 0 bridgehead atoms.